The molecule has 0 unspecified atom stereocenters. The molecule has 142 valence electrons. The third kappa shape index (κ3) is 4.51. The highest BCUT2D eigenvalue weighted by atomic mass is 32.2. The predicted octanol–water partition coefficient (Wildman–Crippen LogP) is 4.33. The van der Waals surface area contributed by atoms with Gasteiger partial charge in [-0.15, -0.1) is 21.5 Å². The summed E-state index contributed by atoms with van der Waals surface area (Å²) in [7, 11) is 1.58. The lowest BCUT2D eigenvalue weighted by atomic mass is 10.2. The van der Waals surface area contributed by atoms with Crippen LogP contribution in [0, 0.1) is 0 Å². The fourth-order valence-corrected chi connectivity index (χ4v) is 4.26. The Kier molecular flexibility index (Phi) is 6.52. The van der Waals surface area contributed by atoms with Crippen LogP contribution in [0.5, 0.6) is 5.75 Å². The average Bonchev–Trinajstić information content (AvgIpc) is 3.32. The molecule has 6 nitrogen and oxygen atoms in total. The maximum atomic E-state index is 12.3. The summed E-state index contributed by atoms with van der Waals surface area (Å²) >= 11 is 3.11. The van der Waals surface area contributed by atoms with Crippen molar-refractivity contribution in [2.45, 2.75) is 32.0 Å². The molecule has 1 aromatic carbocycles. The van der Waals surface area contributed by atoms with Crippen LogP contribution in [0.4, 0.5) is 5.69 Å². The van der Waals surface area contributed by atoms with E-state index in [0.717, 1.165) is 29.5 Å². The van der Waals surface area contributed by atoms with Crippen molar-refractivity contribution >= 4 is 34.7 Å². The zero-order chi connectivity index (χ0) is 19.2. The van der Waals surface area contributed by atoms with Crippen molar-refractivity contribution in [1.29, 1.82) is 0 Å². The summed E-state index contributed by atoms with van der Waals surface area (Å²) in [5, 5.41) is 14.4. The molecular weight excluding hydrogens is 380 g/mol. The van der Waals surface area contributed by atoms with E-state index in [0.29, 0.717) is 11.4 Å². The van der Waals surface area contributed by atoms with Crippen LogP contribution in [0.3, 0.4) is 0 Å². The minimum atomic E-state index is -0.111. The number of hydrogen-bond acceptors (Lipinski definition) is 6. The Morgan fingerprint density at radius 3 is 2.81 bits per heavy atom. The summed E-state index contributed by atoms with van der Waals surface area (Å²) in [5.74, 6) is 1.63. The molecule has 3 rings (SSSR count). The smallest absolute Gasteiger partial charge is 0.234 e. The number of nitrogens with zero attached hydrogens (tertiary/aromatic N) is 3. The van der Waals surface area contributed by atoms with E-state index in [1.54, 1.807) is 18.4 Å². The Bertz CT molecular complexity index is 920. The van der Waals surface area contributed by atoms with Gasteiger partial charge in [0.2, 0.25) is 5.91 Å². The third-order valence-electron chi connectivity index (χ3n) is 4.01. The molecule has 2 aromatic heterocycles. The third-order valence-corrected chi connectivity index (χ3v) is 6.05. The number of para-hydroxylation sites is 2. The number of aryl methyl sites for hydroxylation is 1. The van der Waals surface area contributed by atoms with Crippen LogP contribution in [-0.2, 0) is 17.8 Å². The SMILES string of the molecule is CCc1cc(-c2nnc(SCC(=O)Nc3ccccc3OC)n2CC)cs1. The highest BCUT2D eigenvalue weighted by Crippen LogP contribution is 2.28. The number of thiophene rings is 1. The second kappa shape index (κ2) is 9.05. The molecule has 2 heterocycles. The number of benzene rings is 1. The Morgan fingerprint density at radius 1 is 1.30 bits per heavy atom. The van der Waals surface area contributed by atoms with Gasteiger partial charge in [0.1, 0.15) is 5.75 Å². The Balaban J connectivity index is 1.68. The summed E-state index contributed by atoms with van der Waals surface area (Å²) in [6, 6.07) is 9.51. The van der Waals surface area contributed by atoms with Crippen molar-refractivity contribution in [3.63, 3.8) is 0 Å². The van der Waals surface area contributed by atoms with Crippen LogP contribution in [0.15, 0.2) is 40.9 Å². The lowest BCUT2D eigenvalue weighted by Crippen LogP contribution is -2.15. The lowest BCUT2D eigenvalue weighted by Gasteiger charge is -2.10. The highest BCUT2D eigenvalue weighted by Gasteiger charge is 2.16. The first-order chi connectivity index (χ1) is 13.2. The van der Waals surface area contributed by atoms with Gasteiger partial charge >= 0.3 is 0 Å². The van der Waals surface area contributed by atoms with Gasteiger partial charge in [0.05, 0.1) is 18.6 Å². The van der Waals surface area contributed by atoms with Crippen LogP contribution in [0.1, 0.15) is 18.7 Å². The maximum Gasteiger partial charge on any atom is 0.234 e. The largest absolute Gasteiger partial charge is 0.495 e. The number of amides is 1. The van der Waals surface area contributed by atoms with Crippen LogP contribution in [0.2, 0.25) is 0 Å². The van der Waals surface area contributed by atoms with Gasteiger partial charge in [-0.25, -0.2) is 0 Å². The zero-order valence-electron chi connectivity index (χ0n) is 15.6. The molecule has 1 N–H and O–H groups in total. The number of hydrogen-bond donors (Lipinski definition) is 1. The number of anilines is 1. The van der Waals surface area contributed by atoms with Gasteiger partial charge in [0.15, 0.2) is 11.0 Å². The number of thioether (sulfide) groups is 1. The minimum Gasteiger partial charge on any atom is -0.495 e. The summed E-state index contributed by atoms with van der Waals surface area (Å²) in [4.78, 5) is 13.6. The van der Waals surface area contributed by atoms with Gasteiger partial charge in [-0.2, -0.15) is 0 Å². The topological polar surface area (TPSA) is 69.0 Å². The predicted molar refractivity (Wildman–Crippen MR) is 111 cm³/mol. The molecule has 0 saturated carbocycles. The van der Waals surface area contributed by atoms with Gasteiger partial charge in [0.25, 0.3) is 0 Å². The monoisotopic (exact) mass is 402 g/mol. The van der Waals surface area contributed by atoms with Crippen molar-refractivity contribution in [2.24, 2.45) is 0 Å². The number of rotatable bonds is 8. The molecule has 0 spiro atoms. The number of aromatic nitrogens is 3. The second-order valence-corrected chi connectivity index (χ2v) is 7.68. The molecule has 0 atom stereocenters. The first kappa shape index (κ1) is 19.4. The molecule has 27 heavy (non-hydrogen) atoms. The van der Waals surface area contributed by atoms with Crippen molar-refractivity contribution < 1.29 is 9.53 Å². The van der Waals surface area contributed by atoms with Crippen molar-refractivity contribution in [2.75, 3.05) is 18.2 Å². The summed E-state index contributed by atoms with van der Waals surface area (Å²) in [6.07, 6.45) is 1.01. The fourth-order valence-electron chi connectivity index (χ4n) is 2.64. The average molecular weight is 403 g/mol. The highest BCUT2D eigenvalue weighted by molar-refractivity contribution is 7.99. The Morgan fingerprint density at radius 2 is 2.11 bits per heavy atom. The molecule has 1 amide bonds. The molecule has 0 aliphatic carbocycles. The van der Waals surface area contributed by atoms with E-state index < -0.39 is 0 Å². The molecule has 0 bridgehead atoms. The molecule has 8 heteroatoms. The number of ether oxygens (including phenoxy) is 1. The second-order valence-electron chi connectivity index (χ2n) is 5.74. The van der Waals surface area contributed by atoms with E-state index >= 15 is 0 Å². The number of nitrogens with one attached hydrogen (secondary N) is 1. The first-order valence-corrected chi connectivity index (χ1v) is 10.6. The van der Waals surface area contributed by atoms with E-state index in [9.17, 15) is 4.79 Å². The van der Waals surface area contributed by atoms with Gasteiger partial charge in [0, 0.05) is 22.4 Å². The maximum absolute atomic E-state index is 12.3. The molecule has 0 aliphatic rings. The van der Waals surface area contributed by atoms with Crippen molar-refractivity contribution in [3.05, 3.63) is 40.6 Å². The molecular formula is C19H22N4O2S2. The zero-order valence-corrected chi connectivity index (χ0v) is 17.2. The number of methoxy groups -OCH3 is 1. The first-order valence-electron chi connectivity index (χ1n) is 8.72. The molecule has 0 aliphatic heterocycles. The van der Waals surface area contributed by atoms with Crippen LogP contribution in [0.25, 0.3) is 11.4 Å². The summed E-state index contributed by atoms with van der Waals surface area (Å²) in [5.41, 5.74) is 1.74. The van der Waals surface area contributed by atoms with E-state index in [2.05, 4.69) is 40.8 Å². The van der Waals surface area contributed by atoms with Crippen molar-refractivity contribution in [3.8, 4) is 17.1 Å². The molecule has 0 saturated heterocycles. The fraction of sp³-hybridized carbons (Fsp3) is 0.316. The van der Waals surface area contributed by atoms with E-state index in [-0.39, 0.29) is 11.7 Å². The molecule has 0 fully saturated rings. The molecule has 0 radical (unpaired) electrons. The lowest BCUT2D eigenvalue weighted by molar-refractivity contribution is -0.113. The van der Waals surface area contributed by atoms with Crippen LogP contribution >= 0.6 is 23.1 Å². The van der Waals surface area contributed by atoms with Crippen LogP contribution < -0.4 is 10.1 Å². The quantitative estimate of drug-likeness (QED) is 0.568. The van der Waals surface area contributed by atoms with Crippen LogP contribution in [-0.4, -0.2) is 33.5 Å². The van der Waals surface area contributed by atoms with E-state index in [4.69, 9.17) is 4.74 Å². The Labute approximate surface area is 167 Å². The number of carbonyl (C=O) groups excluding carboxylic acids is 1. The van der Waals surface area contributed by atoms with E-state index in [1.165, 1.54) is 16.6 Å². The van der Waals surface area contributed by atoms with Crippen molar-refractivity contribution in [1.82, 2.24) is 14.8 Å². The molecule has 3 aromatic rings. The van der Waals surface area contributed by atoms with Gasteiger partial charge < -0.3 is 14.6 Å². The summed E-state index contributed by atoms with van der Waals surface area (Å²) in [6.45, 7) is 4.94. The van der Waals surface area contributed by atoms with Gasteiger partial charge in [-0.05, 0) is 31.5 Å². The number of carbonyl (C=O) groups is 1. The Hall–Kier alpha value is -2.32. The minimum absolute atomic E-state index is 0.111. The summed E-state index contributed by atoms with van der Waals surface area (Å²) < 4.78 is 7.31. The van der Waals surface area contributed by atoms with E-state index in [1.807, 2.05) is 28.8 Å². The standard InChI is InChI=1S/C19H22N4O2S2/c1-4-14-10-13(11-26-14)18-21-22-19(23(18)5-2)27-12-17(24)20-15-8-6-7-9-16(15)25-3/h6-11H,4-5,12H2,1-3H3,(H,20,24). The van der Waals surface area contributed by atoms with Gasteiger partial charge in [-0.1, -0.05) is 30.8 Å². The normalized spacial score (nSPS) is 10.8. The van der Waals surface area contributed by atoms with Gasteiger partial charge in [-0.3, -0.25) is 4.79 Å².